The highest BCUT2D eigenvalue weighted by atomic mass is 16.4. The zero-order valence-corrected chi connectivity index (χ0v) is 9.50. The molecule has 2 heterocycles. The topological polar surface area (TPSA) is 61.6 Å². The van der Waals surface area contributed by atoms with E-state index in [4.69, 9.17) is 5.11 Å². The molecule has 1 fully saturated rings. The highest BCUT2D eigenvalue weighted by Gasteiger charge is 2.27. The summed E-state index contributed by atoms with van der Waals surface area (Å²) in [4.78, 5) is 14.5. The molecule has 0 bridgehead atoms. The fourth-order valence-corrected chi connectivity index (χ4v) is 2.02. The van der Waals surface area contributed by atoms with E-state index in [9.17, 15) is 4.79 Å². The lowest BCUT2D eigenvalue weighted by molar-refractivity contribution is 0.122. The molecular weight excluding hydrogens is 208 g/mol. The zero-order chi connectivity index (χ0) is 11.7. The van der Waals surface area contributed by atoms with Crippen molar-refractivity contribution >= 4 is 11.9 Å². The molecule has 1 aromatic heterocycles. The molecule has 0 radical (unpaired) electrons. The number of piperazine rings is 1. The quantitative estimate of drug-likeness (QED) is 0.759. The first-order valence-electron chi connectivity index (χ1n) is 5.32. The first-order chi connectivity index (χ1) is 7.58. The van der Waals surface area contributed by atoms with Crippen LogP contribution in [0.25, 0.3) is 0 Å². The second-order valence-corrected chi connectivity index (χ2v) is 4.12. The molecule has 1 atom stereocenters. The van der Waals surface area contributed by atoms with Gasteiger partial charge < -0.3 is 14.9 Å². The average Bonchev–Trinajstić information content (AvgIpc) is 2.64. The molecular formula is C10H16N4O2. The number of rotatable bonds is 1. The van der Waals surface area contributed by atoms with Crippen LogP contribution in [0.2, 0.25) is 0 Å². The van der Waals surface area contributed by atoms with Crippen molar-refractivity contribution in [3.05, 3.63) is 12.3 Å². The average molecular weight is 224 g/mol. The summed E-state index contributed by atoms with van der Waals surface area (Å²) in [5.74, 6) is 0.916. The van der Waals surface area contributed by atoms with Crippen molar-refractivity contribution in [3.63, 3.8) is 0 Å². The van der Waals surface area contributed by atoms with E-state index in [2.05, 4.69) is 10.00 Å². The summed E-state index contributed by atoms with van der Waals surface area (Å²) < 4.78 is 1.75. The van der Waals surface area contributed by atoms with Crippen LogP contribution >= 0.6 is 0 Å². The van der Waals surface area contributed by atoms with E-state index in [1.165, 1.54) is 4.90 Å². The SMILES string of the molecule is CC1CN(c2ccn(C)n2)CCN1C(=O)O. The van der Waals surface area contributed by atoms with Gasteiger partial charge in [0.15, 0.2) is 5.82 Å². The van der Waals surface area contributed by atoms with Gasteiger partial charge in [-0.2, -0.15) is 5.10 Å². The summed E-state index contributed by atoms with van der Waals surface area (Å²) in [6.07, 6.45) is 1.05. The third-order valence-corrected chi connectivity index (χ3v) is 2.90. The van der Waals surface area contributed by atoms with Gasteiger partial charge in [0.25, 0.3) is 0 Å². The first-order valence-corrected chi connectivity index (χ1v) is 5.32. The number of nitrogens with zero attached hydrogens (tertiary/aromatic N) is 4. The second-order valence-electron chi connectivity index (χ2n) is 4.12. The highest BCUT2D eigenvalue weighted by molar-refractivity contribution is 5.66. The van der Waals surface area contributed by atoms with Crippen molar-refractivity contribution < 1.29 is 9.90 Å². The summed E-state index contributed by atoms with van der Waals surface area (Å²) >= 11 is 0. The number of carboxylic acid groups (broad SMARTS) is 1. The van der Waals surface area contributed by atoms with Gasteiger partial charge in [-0.3, -0.25) is 4.68 Å². The lowest BCUT2D eigenvalue weighted by Crippen LogP contribution is -2.53. The second kappa shape index (κ2) is 4.03. The Morgan fingerprint density at radius 2 is 2.31 bits per heavy atom. The van der Waals surface area contributed by atoms with Gasteiger partial charge in [-0.15, -0.1) is 0 Å². The summed E-state index contributed by atoms with van der Waals surface area (Å²) in [6.45, 7) is 3.85. The predicted octanol–water partition coefficient (Wildman–Crippen LogP) is 0.609. The van der Waals surface area contributed by atoms with E-state index >= 15 is 0 Å². The molecule has 1 amide bonds. The van der Waals surface area contributed by atoms with Crippen LogP contribution in [0.4, 0.5) is 10.6 Å². The lowest BCUT2D eigenvalue weighted by atomic mass is 10.2. The minimum absolute atomic E-state index is 0.00764. The number of carbonyl (C=O) groups is 1. The van der Waals surface area contributed by atoms with Gasteiger partial charge in [-0.05, 0) is 6.92 Å². The van der Waals surface area contributed by atoms with Gasteiger partial charge in [0, 0.05) is 45.0 Å². The van der Waals surface area contributed by atoms with Crippen molar-refractivity contribution in [2.45, 2.75) is 13.0 Å². The Bertz CT molecular complexity index is 390. The Morgan fingerprint density at radius 3 is 2.81 bits per heavy atom. The van der Waals surface area contributed by atoms with Gasteiger partial charge in [-0.25, -0.2) is 4.79 Å². The lowest BCUT2D eigenvalue weighted by Gasteiger charge is -2.38. The summed E-state index contributed by atoms with van der Waals surface area (Å²) in [5.41, 5.74) is 0. The fourth-order valence-electron chi connectivity index (χ4n) is 2.02. The number of anilines is 1. The molecule has 2 rings (SSSR count). The molecule has 1 saturated heterocycles. The molecule has 1 N–H and O–H groups in total. The van der Waals surface area contributed by atoms with Crippen molar-refractivity contribution in [2.75, 3.05) is 24.5 Å². The maximum Gasteiger partial charge on any atom is 0.407 e. The first kappa shape index (κ1) is 10.8. The van der Waals surface area contributed by atoms with Crippen molar-refractivity contribution in [2.24, 2.45) is 7.05 Å². The summed E-state index contributed by atoms with van der Waals surface area (Å²) in [5, 5.41) is 13.3. The van der Waals surface area contributed by atoms with E-state index < -0.39 is 6.09 Å². The van der Waals surface area contributed by atoms with E-state index in [-0.39, 0.29) is 6.04 Å². The third-order valence-electron chi connectivity index (χ3n) is 2.90. The molecule has 0 saturated carbocycles. The Balaban J connectivity index is 2.05. The Labute approximate surface area is 94.1 Å². The molecule has 0 spiro atoms. The van der Waals surface area contributed by atoms with Crippen LogP contribution < -0.4 is 4.90 Å². The van der Waals surface area contributed by atoms with E-state index in [0.29, 0.717) is 19.6 Å². The maximum atomic E-state index is 10.9. The van der Waals surface area contributed by atoms with Gasteiger partial charge in [0.05, 0.1) is 0 Å². The monoisotopic (exact) mass is 224 g/mol. The minimum atomic E-state index is -0.840. The molecule has 6 nitrogen and oxygen atoms in total. The molecule has 1 aromatic rings. The maximum absolute atomic E-state index is 10.9. The number of aromatic nitrogens is 2. The molecule has 0 aliphatic carbocycles. The smallest absolute Gasteiger partial charge is 0.407 e. The van der Waals surface area contributed by atoms with Gasteiger partial charge in [-0.1, -0.05) is 0 Å². The van der Waals surface area contributed by atoms with Crippen LogP contribution in [0.3, 0.4) is 0 Å². The minimum Gasteiger partial charge on any atom is -0.465 e. The van der Waals surface area contributed by atoms with E-state index in [0.717, 1.165) is 5.82 Å². The Morgan fingerprint density at radius 1 is 1.56 bits per heavy atom. The van der Waals surface area contributed by atoms with Crippen LogP contribution in [0.5, 0.6) is 0 Å². The predicted molar refractivity (Wildman–Crippen MR) is 59.6 cm³/mol. The van der Waals surface area contributed by atoms with E-state index in [1.807, 2.05) is 26.2 Å². The van der Waals surface area contributed by atoms with Crippen LogP contribution in [-0.2, 0) is 7.05 Å². The number of hydrogen-bond acceptors (Lipinski definition) is 3. The van der Waals surface area contributed by atoms with Crippen molar-refractivity contribution in [1.29, 1.82) is 0 Å². The normalized spacial score (nSPS) is 21.2. The molecule has 1 aliphatic heterocycles. The van der Waals surface area contributed by atoms with Gasteiger partial charge >= 0.3 is 6.09 Å². The number of hydrogen-bond donors (Lipinski definition) is 1. The largest absolute Gasteiger partial charge is 0.465 e. The van der Waals surface area contributed by atoms with Crippen LogP contribution in [-0.4, -0.2) is 51.6 Å². The van der Waals surface area contributed by atoms with Crippen molar-refractivity contribution in [1.82, 2.24) is 14.7 Å². The number of aryl methyl sites for hydroxylation is 1. The summed E-state index contributed by atoms with van der Waals surface area (Å²) in [7, 11) is 1.88. The molecule has 88 valence electrons. The fraction of sp³-hybridized carbons (Fsp3) is 0.600. The summed E-state index contributed by atoms with van der Waals surface area (Å²) in [6, 6.07) is 1.96. The highest BCUT2D eigenvalue weighted by Crippen LogP contribution is 2.16. The molecule has 1 unspecified atom stereocenters. The molecule has 0 aromatic carbocycles. The Hall–Kier alpha value is -1.72. The Kier molecular flexibility index (Phi) is 2.72. The van der Waals surface area contributed by atoms with Gasteiger partial charge in [0.1, 0.15) is 0 Å². The van der Waals surface area contributed by atoms with Crippen LogP contribution in [0.1, 0.15) is 6.92 Å². The molecule has 16 heavy (non-hydrogen) atoms. The zero-order valence-electron chi connectivity index (χ0n) is 9.50. The molecule has 6 heteroatoms. The number of amides is 1. The van der Waals surface area contributed by atoms with E-state index in [1.54, 1.807) is 4.68 Å². The standard InChI is InChI=1S/C10H16N4O2/c1-8-7-13(5-6-14(8)10(15)16)9-3-4-12(2)11-9/h3-4,8H,5-7H2,1-2H3,(H,15,16). The van der Waals surface area contributed by atoms with Crippen LogP contribution in [0.15, 0.2) is 12.3 Å². The van der Waals surface area contributed by atoms with Crippen molar-refractivity contribution in [3.8, 4) is 0 Å². The van der Waals surface area contributed by atoms with Crippen LogP contribution in [0, 0.1) is 0 Å². The van der Waals surface area contributed by atoms with Gasteiger partial charge in [0.2, 0.25) is 0 Å². The third kappa shape index (κ3) is 1.95. The molecule has 1 aliphatic rings.